The first kappa shape index (κ1) is 21.0. The molecule has 2 aliphatic rings. The van der Waals surface area contributed by atoms with Crippen molar-refractivity contribution in [1.29, 1.82) is 0 Å². The molecule has 6 heteroatoms. The third-order valence-electron chi connectivity index (χ3n) is 6.28. The topological polar surface area (TPSA) is 73.6 Å². The quantitative estimate of drug-likeness (QED) is 0.416. The number of benzene rings is 1. The standard InChI is InChI=1S/C26H30N4OS/c31-25-11-9-22-20(8-10-24-23(22)12-14-27-24)16-19-6-5-15-32(18-19)26-29-17-21(30-26)7-3-1-2-4-13-28-25/h5-6,8,10,12,14-15,17-18,27H,1-4,7,9,11,13,16H2,(H,28,31)(H,29,30). The third kappa shape index (κ3) is 4.80. The van der Waals surface area contributed by atoms with Gasteiger partial charge in [0, 0.05) is 42.0 Å². The molecule has 0 radical (unpaired) electrons. The Morgan fingerprint density at radius 2 is 1.94 bits per heavy atom. The smallest absolute Gasteiger partial charge is 0.220 e. The van der Waals surface area contributed by atoms with Gasteiger partial charge < -0.3 is 15.3 Å². The molecule has 32 heavy (non-hydrogen) atoms. The number of H-pyrrole nitrogens is 2. The Bertz CT molecular complexity index is 1210. The van der Waals surface area contributed by atoms with Crippen molar-refractivity contribution in [2.24, 2.45) is 0 Å². The highest BCUT2D eigenvalue weighted by molar-refractivity contribution is 8.17. The fourth-order valence-corrected chi connectivity index (χ4v) is 6.04. The van der Waals surface area contributed by atoms with Gasteiger partial charge in [0.2, 0.25) is 5.91 Å². The summed E-state index contributed by atoms with van der Waals surface area (Å²) in [6.07, 6.45) is 16.0. The molecule has 0 saturated heterocycles. The van der Waals surface area contributed by atoms with Crippen molar-refractivity contribution < 1.29 is 4.79 Å². The summed E-state index contributed by atoms with van der Waals surface area (Å²) in [5, 5.41) is 9.97. The highest BCUT2D eigenvalue weighted by Gasteiger charge is 2.14. The van der Waals surface area contributed by atoms with Gasteiger partial charge in [0.25, 0.3) is 0 Å². The minimum Gasteiger partial charge on any atom is -0.361 e. The van der Waals surface area contributed by atoms with Crippen molar-refractivity contribution in [2.75, 3.05) is 6.54 Å². The summed E-state index contributed by atoms with van der Waals surface area (Å²) in [5.74, 6) is 0.152. The van der Waals surface area contributed by atoms with Crippen LogP contribution in [0.1, 0.15) is 48.9 Å². The van der Waals surface area contributed by atoms with Gasteiger partial charge in [-0.3, -0.25) is 4.79 Å². The summed E-state index contributed by atoms with van der Waals surface area (Å²) >= 11 is 0. The molecule has 3 N–H and O–H groups in total. The number of hydrogen-bond donors (Lipinski definition) is 3. The Labute approximate surface area is 191 Å². The highest BCUT2D eigenvalue weighted by Crippen LogP contribution is 2.31. The first-order valence-electron chi connectivity index (χ1n) is 11.6. The molecular weight excluding hydrogens is 416 g/mol. The van der Waals surface area contributed by atoms with Crippen LogP contribution in [0.5, 0.6) is 0 Å². The number of amides is 1. The average molecular weight is 447 g/mol. The Hall–Kier alpha value is -2.86. The van der Waals surface area contributed by atoms with Gasteiger partial charge in [0.1, 0.15) is 0 Å². The minimum absolute atomic E-state index is 0.138. The number of nitrogens with zero attached hydrogens (tertiary/aromatic N) is 1. The second-order valence-electron chi connectivity index (χ2n) is 8.61. The van der Waals surface area contributed by atoms with Crippen LogP contribution < -0.4 is 5.32 Å². The minimum atomic E-state index is -0.138. The van der Waals surface area contributed by atoms with Crippen molar-refractivity contribution in [2.45, 2.75) is 56.5 Å². The molecule has 1 aromatic carbocycles. The van der Waals surface area contributed by atoms with Crippen molar-refractivity contribution >= 4 is 32.7 Å². The number of aromatic nitrogens is 3. The number of nitrogens with one attached hydrogen (secondary N) is 3. The fourth-order valence-electron chi connectivity index (χ4n) is 4.57. The monoisotopic (exact) mass is 446 g/mol. The lowest BCUT2D eigenvalue weighted by atomic mass is 9.94. The first-order valence-corrected chi connectivity index (χ1v) is 12.9. The molecule has 0 spiro atoms. The Morgan fingerprint density at radius 1 is 1.00 bits per heavy atom. The van der Waals surface area contributed by atoms with Crippen LogP contribution in [0.25, 0.3) is 10.9 Å². The van der Waals surface area contributed by atoms with Crippen LogP contribution in [0, 0.1) is 0 Å². The summed E-state index contributed by atoms with van der Waals surface area (Å²) in [6.45, 7) is 0.768. The molecule has 1 unspecified atom stereocenters. The van der Waals surface area contributed by atoms with E-state index in [1.807, 2.05) is 12.4 Å². The van der Waals surface area contributed by atoms with E-state index in [9.17, 15) is 4.79 Å². The second kappa shape index (κ2) is 9.74. The molecule has 3 aromatic rings. The van der Waals surface area contributed by atoms with Gasteiger partial charge in [-0.05, 0) is 71.7 Å². The van der Waals surface area contributed by atoms with Gasteiger partial charge >= 0.3 is 0 Å². The zero-order chi connectivity index (χ0) is 21.8. The van der Waals surface area contributed by atoms with Gasteiger partial charge in [-0.2, -0.15) is 0 Å². The lowest BCUT2D eigenvalue weighted by Crippen LogP contribution is -2.24. The number of carbonyl (C=O) groups excluding carboxylic acids is 1. The van der Waals surface area contributed by atoms with E-state index in [-0.39, 0.29) is 16.4 Å². The van der Waals surface area contributed by atoms with Gasteiger partial charge in [0.05, 0.1) is 0 Å². The van der Waals surface area contributed by atoms with Crippen molar-refractivity contribution in [3.63, 3.8) is 0 Å². The van der Waals surface area contributed by atoms with Crippen molar-refractivity contribution in [3.05, 3.63) is 70.5 Å². The van der Waals surface area contributed by atoms with E-state index in [1.165, 1.54) is 34.2 Å². The van der Waals surface area contributed by atoms with Crippen LogP contribution in [0.2, 0.25) is 0 Å². The summed E-state index contributed by atoms with van der Waals surface area (Å²) in [7, 11) is -0.138. The molecule has 0 fully saturated rings. The number of carbonyl (C=O) groups is 1. The molecular formula is C26H30N4OS. The van der Waals surface area contributed by atoms with Crippen LogP contribution in [-0.2, 0) is 24.1 Å². The molecule has 4 heterocycles. The van der Waals surface area contributed by atoms with E-state index in [4.69, 9.17) is 4.98 Å². The molecule has 1 atom stereocenters. The summed E-state index contributed by atoms with van der Waals surface area (Å²) < 4.78 is 0. The normalized spacial score (nSPS) is 20.3. The fraction of sp³-hybridized carbons (Fsp3) is 0.346. The Morgan fingerprint density at radius 3 is 2.91 bits per heavy atom. The van der Waals surface area contributed by atoms with E-state index in [2.05, 4.69) is 56.4 Å². The predicted octanol–water partition coefficient (Wildman–Crippen LogP) is 5.18. The average Bonchev–Trinajstić information content (AvgIpc) is 3.47. The zero-order valence-corrected chi connectivity index (χ0v) is 19.1. The molecule has 5 nitrogen and oxygen atoms in total. The maximum atomic E-state index is 12.5. The van der Waals surface area contributed by atoms with Crippen molar-refractivity contribution in [1.82, 2.24) is 20.3 Å². The van der Waals surface area contributed by atoms with Crippen LogP contribution in [0.4, 0.5) is 0 Å². The molecule has 1 amide bonds. The van der Waals surface area contributed by atoms with E-state index >= 15 is 0 Å². The van der Waals surface area contributed by atoms with Gasteiger partial charge in [-0.25, -0.2) is 4.98 Å². The Kier molecular flexibility index (Phi) is 6.39. The van der Waals surface area contributed by atoms with Crippen molar-refractivity contribution in [3.8, 4) is 0 Å². The number of hydrogen-bond acceptors (Lipinski definition) is 2. The first-order chi connectivity index (χ1) is 15.8. The zero-order valence-electron chi connectivity index (χ0n) is 18.3. The maximum absolute atomic E-state index is 12.5. The molecule has 4 bridgehead atoms. The number of allylic oxidation sites excluding steroid dienone is 3. The number of aromatic amines is 2. The maximum Gasteiger partial charge on any atom is 0.220 e. The second-order valence-corrected chi connectivity index (χ2v) is 10.2. The Balaban J connectivity index is 1.47. The van der Waals surface area contributed by atoms with E-state index in [1.54, 1.807) is 0 Å². The van der Waals surface area contributed by atoms with Gasteiger partial charge in [-0.15, -0.1) is 0 Å². The van der Waals surface area contributed by atoms with Gasteiger partial charge in [-0.1, -0.05) is 41.5 Å². The SMILES string of the molecule is O=C1CCc2c(ccc3[nH]ccc23)CC2=CC=CS(=C2)c2ncc([nH]2)CCCCCCN1. The lowest BCUT2D eigenvalue weighted by Gasteiger charge is -2.14. The van der Waals surface area contributed by atoms with Crippen LogP contribution >= 0.6 is 10.5 Å². The van der Waals surface area contributed by atoms with Crippen LogP contribution in [-0.4, -0.2) is 32.8 Å². The van der Waals surface area contributed by atoms with Crippen LogP contribution in [0.3, 0.4) is 0 Å². The van der Waals surface area contributed by atoms with Crippen LogP contribution in [0.15, 0.2) is 58.9 Å². The van der Waals surface area contributed by atoms with E-state index in [0.717, 1.165) is 55.7 Å². The molecule has 0 saturated carbocycles. The van der Waals surface area contributed by atoms with Gasteiger partial charge in [0.15, 0.2) is 5.16 Å². The predicted molar refractivity (Wildman–Crippen MR) is 133 cm³/mol. The molecule has 0 aliphatic carbocycles. The summed E-state index contributed by atoms with van der Waals surface area (Å²) in [6, 6.07) is 6.50. The van der Waals surface area contributed by atoms with E-state index < -0.39 is 0 Å². The number of imidazole rings is 1. The molecule has 2 aliphatic heterocycles. The summed E-state index contributed by atoms with van der Waals surface area (Å²) in [5.41, 5.74) is 6.22. The summed E-state index contributed by atoms with van der Waals surface area (Å²) in [4.78, 5) is 24.1. The largest absolute Gasteiger partial charge is 0.361 e. The van der Waals surface area contributed by atoms with E-state index in [0.29, 0.717) is 6.42 Å². The lowest BCUT2D eigenvalue weighted by molar-refractivity contribution is -0.121. The number of aryl methyl sites for hydroxylation is 2. The third-order valence-corrected chi connectivity index (χ3v) is 7.94. The highest BCUT2D eigenvalue weighted by atomic mass is 32.2. The number of rotatable bonds is 0. The molecule has 2 aromatic heterocycles. The number of fused-ring (bicyclic) bond motifs is 7. The molecule has 166 valence electrons. The molecule has 5 rings (SSSR count).